The number of hydrogen-bond donors (Lipinski definition) is 1. The zero-order chi connectivity index (χ0) is 13.4. The van der Waals surface area contributed by atoms with Crippen molar-refractivity contribution in [2.75, 3.05) is 11.4 Å². The van der Waals surface area contributed by atoms with E-state index in [4.69, 9.17) is 0 Å². The number of benzene rings is 1. The summed E-state index contributed by atoms with van der Waals surface area (Å²) in [4.78, 5) is 17.6. The second-order valence-corrected chi connectivity index (χ2v) is 5.60. The molecular formula is C14H13BrN2O2. The first-order valence-electron chi connectivity index (χ1n) is 6.20. The Labute approximate surface area is 119 Å². The minimum atomic E-state index is -0.752. The monoisotopic (exact) mass is 320 g/mol. The van der Waals surface area contributed by atoms with Crippen LogP contribution in [0.1, 0.15) is 12.8 Å². The van der Waals surface area contributed by atoms with Crippen molar-refractivity contribution in [1.29, 1.82) is 0 Å². The fourth-order valence-electron chi connectivity index (χ4n) is 2.67. The first-order chi connectivity index (χ1) is 9.16. The molecule has 1 atom stereocenters. The third-order valence-electron chi connectivity index (χ3n) is 3.53. The van der Waals surface area contributed by atoms with E-state index in [1.807, 2.05) is 29.2 Å². The Bertz CT molecular complexity index is 644. The van der Waals surface area contributed by atoms with Crippen molar-refractivity contribution in [3.05, 3.63) is 34.9 Å². The summed E-state index contributed by atoms with van der Waals surface area (Å²) in [5.41, 5.74) is 1.84. The van der Waals surface area contributed by atoms with Gasteiger partial charge in [-0.15, -0.1) is 0 Å². The van der Waals surface area contributed by atoms with Crippen LogP contribution in [0.4, 0.5) is 5.69 Å². The summed E-state index contributed by atoms with van der Waals surface area (Å²) in [5, 5.41) is 10.3. The van der Waals surface area contributed by atoms with Gasteiger partial charge in [-0.05, 0) is 37.1 Å². The Balaban J connectivity index is 2.14. The average Bonchev–Trinajstić information content (AvgIpc) is 2.87. The number of fused-ring (bicyclic) bond motifs is 1. The van der Waals surface area contributed by atoms with Crippen LogP contribution in [0.25, 0.3) is 10.9 Å². The van der Waals surface area contributed by atoms with Crippen LogP contribution in [0, 0.1) is 0 Å². The first kappa shape index (κ1) is 12.4. The molecular weight excluding hydrogens is 308 g/mol. The molecule has 98 valence electrons. The average molecular weight is 321 g/mol. The highest BCUT2D eigenvalue weighted by atomic mass is 79.9. The fourth-order valence-corrected chi connectivity index (χ4v) is 3.03. The quantitative estimate of drug-likeness (QED) is 0.924. The summed E-state index contributed by atoms with van der Waals surface area (Å²) >= 11 is 3.46. The lowest BCUT2D eigenvalue weighted by atomic mass is 10.1. The molecule has 0 amide bonds. The predicted molar refractivity (Wildman–Crippen MR) is 77.4 cm³/mol. The molecule has 1 saturated heterocycles. The molecule has 3 rings (SSSR count). The molecule has 1 aromatic carbocycles. The van der Waals surface area contributed by atoms with E-state index < -0.39 is 12.0 Å². The van der Waals surface area contributed by atoms with Crippen LogP contribution in [-0.2, 0) is 4.79 Å². The van der Waals surface area contributed by atoms with Crippen molar-refractivity contribution in [3.8, 4) is 0 Å². The highest BCUT2D eigenvalue weighted by molar-refractivity contribution is 9.10. The molecule has 1 N–H and O–H groups in total. The summed E-state index contributed by atoms with van der Waals surface area (Å²) in [6.45, 7) is 0.780. The SMILES string of the molecule is O=C(O)[C@H]1CCCN1c1ccnc2ccc(Br)cc12. The highest BCUT2D eigenvalue weighted by Crippen LogP contribution is 2.32. The minimum absolute atomic E-state index is 0.426. The van der Waals surface area contributed by atoms with Gasteiger partial charge in [0.1, 0.15) is 6.04 Å². The van der Waals surface area contributed by atoms with Crippen molar-refractivity contribution in [2.24, 2.45) is 0 Å². The Kier molecular flexibility index (Phi) is 3.14. The third kappa shape index (κ3) is 2.18. The third-order valence-corrected chi connectivity index (χ3v) is 4.02. The molecule has 4 nitrogen and oxygen atoms in total. The lowest BCUT2D eigenvalue weighted by Gasteiger charge is -2.25. The van der Waals surface area contributed by atoms with Gasteiger partial charge in [0.05, 0.1) is 5.52 Å². The largest absolute Gasteiger partial charge is 0.480 e. The van der Waals surface area contributed by atoms with Gasteiger partial charge in [0.25, 0.3) is 0 Å². The predicted octanol–water partition coefficient (Wildman–Crippen LogP) is 3.05. The maximum absolute atomic E-state index is 11.3. The Morgan fingerprint density at radius 1 is 1.42 bits per heavy atom. The molecule has 5 heteroatoms. The van der Waals surface area contributed by atoms with Gasteiger partial charge >= 0.3 is 5.97 Å². The second kappa shape index (κ2) is 4.81. The number of aromatic nitrogens is 1. The Hall–Kier alpha value is -1.62. The van der Waals surface area contributed by atoms with Crippen molar-refractivity contribution in [1.82, 2.24) is 4.98 Å². The van der Waals surface area contributed by atoms with E-state index >= 15 is 0 Å². The van der Waals surface area contributed by atoms with Crippen molar-refractivity contribution >= 4 is 38.5 Å². The molecule has 2 heterocycles. The molecule has 2 aromatic rings. The molecule has 1 aliphatic heterocycles. The lowest BCUT2D eigenvalue weighted by molar-refractivity contribution is -0.138. The number of hydrogen-bond acceptors (Lipinski definition) is 3. The lowest BCUT2D eigenvalue weighted by Crippen LogP contribution is -2.36. The zero-order valence-corrected chi connectivity index (χ0v) is 11.8. The standard InChI is InChI=1S/C14H13BrN2O2/c15-9-3-4-11-10(8-9)12(5-6-16-11)17-7-1-2-13(17)14(18)19/h3-6,8,13H,1-2,7H2,(H,18,19)/t13-/m1/s1. The van der Waals surface area contributed by atoms with Gasteiger partial charge < -0.3 is 10.0 Å². The molecule has 1 aromatic heterocycles. The second-order valence-electron chi connectivity index (χ2n) is 4.68. The van der Waals surface area contributed by atoms with Crippen LogP contribution in [0.2, 0.25) is 0 Å². The van der Waals surface area contributed by atoms with Crippen LogP contribution in [0.15, 0.2) is 34.9 Å². The van der Waals surface area contributed by atoms with Crippen molar-refractivity contribution in [3.63, 3.8) is 0 Å². The molecule has 0 bridgehead atoms. The number of nitrogens with zero attached hydrogens (tertiary/aromatic N) is 2. The van der Waals surface area contributed by atoms with E-state index in [1.165, 1.54) is 0 Å². The molecule has 0 radical (unpaired) electrons. The fraction of sp³-hybridized carbons (Fsp3) is 0.286. The minimum Gasteiger partial charge on any atom is -0.480 e. The van der Waals surface area contributed by atoms with Gasteiger partial charge in [0, 0.05) is 28.3 Å². The number of pyridine rings is 1. The van der Waals surface area contributed by atoms with Gasteiger partial charge in [0.2, 0.25) is 0 Å². The number of carboxylic acids is 1. The highest BCUT2D eigenvalue weighted by Gasteiger charge is 2.31. The maximum Gasteiger partial charge on any atom is 0.326 e. The van der Waals surface area contributed by atoms with Crippen molar-refractivity contribution < 1.29 is 9.90 Å². The maximum atomic E-state index is 11.3. The number of anilines is 1. The van der Waals surface area contributed by atoms with Gasteiger partial charge in [-0.1, -0.05) is 15.9 Å². The van der Waals surface area contributed by atoms with Crippen LogP contribution in [0.5, 0.6) is 0 Å². The van der Waals surface area contributed by atoms with Crippen LogP contribution in [0.3, 0.4) is 0 Å². The van der Waals surface area contributed by atoms with E-state index in [2.05, 4.69) is 20.9 Å². The molecule has 0 unspecified atom stereocenters. The summed E-state index contributed by atoms with van der Waals surface area (Å²) in [6, 6.07) is 7.35. The van der Waals surface area contributed by atoms with E-state index in [0.717, 1.165) is 34.0 Å². The van der Waals surface area contributed by atoms with Crippen LogP contribution < -0.4 is 4.90 Å². The smallest absolute Gasteiger partial charge is 0.326 e. The first-order valence-corrected chi connectivity index (χ1v) is 7.00. The van der Waals surface area contributed by atoms with E-state index in [-0.39, 0.29) is 0 Å². The van der Waals surface area contributed by atoms with E-state index in [0.29, 0.717) is 6.42 Å². The molecule has 0 aliphatic carbocycles. The summed E-state index contributed by atoms with van der Waals surface area (Å²) < 4.78 is 0.973. The number of halogens is 1. The van der Waals surface area contributed by atoms with E-state index in [1.54, 1.807) is 6.20 Å². The normalized spacial score (nSPS) is 19.0. The Morgan fingerprint density at radius 2 is 2.26 bits per heavy atom. The number of rotatable bonds is 2. The summed E-state index contributed by atoms with van der Waals surface area (Å²) in [6.07, 6.45) is 3.35. The molecule has 0 saturated carbocycles. The number of aliphatic carboxylic acids is 1. The van der Waals surface area contributed by atoms with Gasteiger partial charge in [0.15, 0.2) is 0 Å². The van der Waals surface area contributed by atoms with E-state index in [9.17, 15) is 9.90 Å². The van der Waals surface area contributed by atoms with Gasteiger partial charge in [-0.25, -0.2) is 4.79 Å². The van der Waals surface area contributed by atoms with Gasteiger partial charge in [-0.2, -0.15) is 0 Å². The molecule has 1 fully saturated rings. The van der Waals surface area contributed by atoms with Crippen LogP contribution in [-0.4, -0.2) is 28.6 Å². The molecule has 1 aliphatic rings. The van der Waals surface area contributed by atoms with Crippen molar-refractivity contribution in [2.45, 2.75) is 18.9 Å². The molecule has 0 spiro atoms. The Morgan fingerprint density at radius 3 is 3.05 bits per heavy atom. The summed E-state index contributed by atoms with van der Waals surface area (Å²) in [5.74, 6) is -0.752. The van der Waals surface area contributed by atoms with Gasteiger partial charge in [-0.3, -0.25) is 4.98 Å². The zero-order valence-electron chi connectivity index (χ0n) is 10.2. The molecule has 19 heavy (non-hydrogen) atoms. The topological polar surface area (TPSA) is 53.4 Å². The number of carbonyl (C=O) groups is 1. The summed E-state index contributed by atoms with van der Waals surface area (Å²) in [7, 11) is 0. The number of carboxylic acid groups (broad SMARTS) is 1. The van der Waals surface area contributed by atoms with Crippen LogP contribution >= 0.6 is 15.9 Å².